The summed E-state index contributed by atoms with van der Waals surface area (Å²) in [6.07, 6.45) is -4.77. The van der Waals surface area contributed by atoms with E-state index in [0.29, 0.717) is 6.07 Å². The highest BCUT2D eigenvalue weighted by atomic mass is 19.4. The summed E-state index contributed by atoms with van der Waals surface area (Å²) in [5.41, 5.74) is -2.38. The van der Waals surface area contributed by atoms with E-state index in [-0.39, 0.29) is 23.9 Å². The Bertz CT molecular complexity index is 625. The molecule has 0 bridgehead atoms. The van der Waals surface area contributed by atoms with E-state index in [0.717, 1.165) is 12.1 Å². The van der Waals surface area contributed by atoms with Crippen LogP contribution < -0.4 is 10.6 Å². The average Bonchev–Trinajstić information content (AvgIpc) is 2.42. The maximum atomic E-state index is 13.5. The molecule has 0 saturated heterocycles. The van der Waals surface area contributed by atoms with Gasteiger partial charge in [0.1, 0.15) is 11.4 Å². The van der Waals surface area contributed by atoms with Crippen molar-refractivity contribution in [1.82, 2.24) is 10.6 Å². The van der Waals surface area contributed by atoms with Gasteiger partial charge in [-0.1, -0.05) is 19.9 Å². The van der Waals surface area contributed by atoms with Crippen LogP contribution in [0.2, 0.25) is 0 Å². The summed E-state index contributed by atoms with van der Waals surface area (Å²) in [6, 6.07) is 2.44. The second-order valence-corrected chi connectivity index (χ2v) is 6.26. The number of carbonyl (C=O) groups excluding carboxylic acids is 2. The van der Waals surface area contributed by atoms with Gasteiger partial charge in [-0.15, -0.1) is 0 Å². The smallest absolute Gasteiger partial charge is 0.350 e. The van der Waals surface area contributed by atoms with Gasteiger partial charge in [0.15, 0.2) is 0 Å². The quantitative estimate of drug-likeness (QED) is 0.804. The lowest BCUT2D eigenvalue weighted by molar-refractivity contribution is -0.140. The molecule has 0 spiro atoms. The lowest BCUT2D eigenvalue weighted by Gasteiger charge is -2.26. The van der Waals surface area contributed by atoms with E-state index in [9.17, 15) is 27.2 Å². The second kappa shape index (κ2) is 7.19. The lowest BCUT2D eigenvalue weighted by Crippen LogP contribution is -2.55. The molecule has 0 atom stereocenters. The van der Waals surface area contributed by atoms with Gasteiger partial charge in [-0.25, -0.2) is 4.39 Å². The van der Waals surface area contributed by atoms with Crippen LogP contribution in [0, 0.1) is 11.7 Å². The zero-order chi connectivity index (χ0) is 18.7. The van der Waals surface area contributed by atoms with Gasteiger partial charge in [0.2, 0.25) is 11.8 Å². The van der Waals surface area contributed by atoms with E-state index >= 15 is 0 Å². The van der Waals surface area contributed by atoms with E-state index in [1.807, 2.05) is 0 Å². The number of carbonyl (C=O) groups is 2. The molecule has 1 aromatic carbocycles. The summed E-state index contributed by atoms with van der Waals surface area (Å²) in [4.78, 5) is 23.8. The van der Waals surface area contributed by atoms with Crippen molar-refractivity contribution in [2.45, 2.75) is 46.0 Å². The van der Waals surface area contributed by atoms with E-state index in [1.54, 1.807) is 13.8 Å². The third kappa shape index (κ3) is 5.21. The number of hydrogen-bond acceptors (Lipinski definition) is 2. The molecule has 0 saturated carbocycles. The molecule has 8 heteroatoms. The zero-order valence-electron chi connectivity index (χ0n) is 13.8. The highest BCUT2D eigenvalue weighted by Crippen LogP contribution is 2.31. The monoisotopic (exact) mass is 348 g/mol. The Kier molecular flexibility index (Phi) is 5.97. The Balaban J connectivity index is 2.74. The van der Waals surface area contributed by atoms with Crippen molar-refractivity contribution in [2.24, 2.45) is 5.92 Å². The van der Waals surface area contributed by atoms with Gasteiger partial charge in [-0.3, -0.25) is 9.59 Å². The highest BCUT2D eigenvalue weighted by molar-refractivity contribution is 5.91. The Labute approximate surface area is 137 Å². The number of amides is 2. The summed E-state index contributed by atoms with van der Waals surface area (Å²) in [5, 5.41) is 5.03. The van der Waals surface area contributed by atoms with Gasteiger partial charge in [0, 0.05) is 12.5 Å². The molecule has 0 aromatic heterocycles. The number of rotatable bonds is 5. The van der Waals surface area contributed by atoms with Crippen LogP contribution in [0.15, 0.2) is 18.2 Å². The van der Waals surface area contributed by atoms with Crippen LogP contribution in [0.3, 0.4) is 0 Å². The molecule has 0 aliphatic heterocycles. The van der Waals surface area contributed by atoms with Crippen molar-refractivity contribution in [3.63, 3.8) is 0 Å². The van der Waals surface area contributed by atoms with E-state index in [2.05, 4.69) is 10.6 Å². The van der Waals surface area contributed by atoms with Crippen LogP contribution in [0.4, 0.5) is 17.6 Å². The number of nitrogens with one attached hydrogen (secondary N) is 2. The Hall–Kier alpha value is -2.12. The first-order chi connectivity index (χ1) is 10.8. The number of hydrogen-bond donors (Lipinski definition) is 2. The van der Waals surface area contributed by atoms with Crippen molar-refractivity contribution in [3.05, 3.63) is 35.1 Å². The third-order valence-corrected chi connectivity index (χ3v) is 3.32. The maximum absolute atomic E-state index is 13.5. The van der Waals surface area contributed by atoms with Gasteiger partial charge in [0.05, 0.1) is 5.56 Å². The topological polar surface area (TPSA) is 58.2 Å². The summed E-state index contributed by atoms with van der Waals surface area (Å²) in [5.74, 6) is -2.55. The van der Waals surface area contributed by atoms with Gasteiger partial charge in [-0.2, -0.15) is 13.2 Å². The van der Waals surface area contributed by atoms with Crippen LogP contribution in [-0.4, -0.2) is 17.4 Å². The minimum Gasteiger partial charge on any atom is -0.350 e. The van der Waals surface area contributed by atoms with Gasteiger partial charge < -0.3 is 10.6 Å². The molecule has 0 aliphatic carbocycles. The highest BCUT2D eigenvalue weighted by Gasteiger charge is 2.34. The molecular weight excluding hydrogens is 328 g/mol. The molecule has 0 unspecified atom stereocenters. The molecule has 2 amide bonds. The number of halogens is 4. The predicted molar refractivity (Wildman–Crippen MR) is 80.3 cm³/mol. The third-order valence-electron chi connectivity index (χ3n) is 3.32. The number of benzene rings is 1. The first kappa shape index (κ1) is 19.9. The SMILES string of the molecule is CC(C)C(=O)NC(C)(C)C(=O)NCc1ccc(C(F)(F)F)c(F)c1. The van der Waals surface area contributed by atoms with Crippen LogP contribution in [0.1, 0.15) is 38.8 Å². The minimum atomic E-state index is -4.77. The fraction of sp³-hybridized carbons (Fsp3) is 0.500. The molecule has 0 radical (unpaired) electrons. The molecule has 2 N–H and O–H groups in total. The van der Waals surface area contributed by atoms with Crippen molar-refractivity contribution in [3.8, 4) is 0 Å². The Morgan fingerprint density at radius 1 is 1.17 bits per heavy atom. The molecule has 0 aliphatic rings. The second-order valence-electron chi connectivity index (χ2n) is 6.26. The van der Waals surface area contributed by atoms with E-state index in [4.69, 9.17) is 0 Å². The summed E-state index contributed by atoms with van der Waals surface area (Å²) < 4.78 is 50.9. The van der Waals surface area contributed by atoms with Crippen molar-refractivity contribution in [1.29, 1.82) is 0 Å². The molecule has 0 fully saturated rings. The molecule has 4 nitrogen and oxygen atoms in total. The Morgan fingerprint density at radius 3 is 2.21 bits per heavy atom. The van der Waals surface area contributed by atoms with Crippen molar-refractivity contribution >= 4 is 11.8 Å². The summed E-state index contributed by atoms with van der Waals surface area (Å²) in [6.45, 7) is 6.18. The Morgan fingerprint density at radius 2 is 1.75 bits per heavy atom. The van der Waals surface area contributed by atoms with Crippen LogP contribution >= 0.6 is 0 Å². The van der Waals surface area contributed by atoms with Gasteiger partial charge in [-0.05, 0) is 31.5 Å². The van der Waals surface area contributed by atoms with Gasteiger partial charge in [0.25, 0.3) is 0 Å². The number of alkyl halides is 3. The molecule has 1 aromatic rings. The largest absolute Gasteiger partial charge is 0.419 e. The van der Waals surface area contributed by atoms with Crippen LogP contribution in [0.25, 0.3) is 0 Å². The summed E-state index contributed by atoms with van der Waals surface area (Å²) >= 11 is 0. The normalized spacial score (nSPS) is 12.2. The molecule has 24 heavy (non-hydrogen) atoms. The molecule has 1 rings (SSSR count). The van der Waals surface area contributed by atoms with Crippen molar-refractivity contribution in [2.75, 3.05) is 0 Å². The fourth-order valence-corrected chi connectivity index (χ4v) is 1.81. The van der Waals surface area contributed by atoms with Gasteiger partial charge >= 0.3 is 6.18 Å². The molecule has 0 heterocycles. The standard InChI is InChI=1S/C16H20F4N2O2/c1-9(2)13(23)22-15(3,4)14(24)21-8-10-5-6-11(12(17)7-10)16(18,19)20/h5-7,9H,8H2,1-4H3,(H,21,24)(H,22,23). The summed E-state index contributed by atoms with van der Waals surface area (Å²) in [7, 11) is 0. The van der Waals surface area contributed by atoms with Crippen LogP contribution in [-0.2, 0) is 22.3 Å². The minimum absolute atomic E-state index is 0.158. The maximum Gasteiger partial charge on any atom is 0.419 e. The van der Waals surface area contributed by atoms with Crippen LogP contribution in [0.5, 0.6) is 0 Å². The average molecular weight is 348 g/mol. The zero-order valence-corrected chi connectivity index (χ0v) is 13.8. The molecular formula is C16H20F4N2O2. The first-order valence-electron chi connectivity index (χ1n) is 7.30. The predicted octanol–water partition coefficient (Wildman–Crippen LogP) is 3.01. The first-order valence-corrected chi connectivity index (χ1v) is 7.30. The van der Waals surface area contributed by atoms with E-state index in [1.165, 1.54) is 13.8 Å². The van der Waals surface area contributed by atoms with E-state index < -0.39 is 29.0 Å². The molecule has 134 valence electrons. The fourth-order valence-electron chi connectivity index (χ4n) is 1.81. The van der Waals surface area contributed by atoms with Crippen molar-refractivity contribution < 1.29 is 27.2 Å². The lowest BCUT2D eigenvalue weighted by atomic mass is 10.0.